The second-order valence-electron chi connectivity index (χ2n) is 5.99. The molecule has 1 rings (SSSR count). The Morgan fingerprint density at radius 2 is 2.11 bits per heavy atom. The van der Waals surface area contributed by atoms with E-state index in [0.717, 1.165) is 44.5 Å². The van der Waals surface area contributed by atoms with Crippen molar-refractivity contribution in [3.8, 4) is 0 Å². The molecule has 1 aliphatic heterocycles. The van der Waals surface area contributed by atoms with E-state index in [4.69, 9.17) is 0 Å². The molecule has 110 valence electrons. The summed E-state index contributed by atoms with van der Waals surface area (Å²) in [6.07, 6.45) is 2.51. The van der Waals surface area contributed by atoms with Crippen LogP contribution in [0.3, 0.4) is 0 Å². The van der Waals surface area contributed by atoms with Crippen molar-refractivity contribution in [1.82, 2.24) is 9.80 Å². The van der Waals surface area contributed by atoms with Gasteiger partial charge in [0, 0.05) is 19.6 Å². The fraction of sp³-hybridized carbons (Fsp3) is 0.800. The van der Waals surface area contributed by atoms with Gasteiger partial charge in [0.1, 0.15) is 0 Å². The Labute approximate surface area is 117 Å². The summed E-state index contributed by atoms with van der Waals surface area (Å²) in [4.78, 5) is 16.2. The molecule has 1 unspecified atom stereocenters. The molecule has 19 heavy (non-hydrogen) atoms. The molecule has 1 atom stereocenters. The Morgan fingerprint density at radius 3 is 2.68 bits per heavy atom. The second-order valence-corrected chi connectivity index (χ2v) is 5.99. The van der Waals surface area contributed by atoms with E-state index in [1.54, 1.807) is 0 Å². The van der Waals surface area contributed by atoms with Gasteiger partial charge in [0.05, 0.1) is 12.1 Å². The molecule has 0 aliphatic carbocycles. The predicted octanol–water partition coefficient (Wildman–Crippen LogP) is 1.65. The Balaban J connectivity index is 2.49. The lowest BCUT2D eigenvalue weighted by Crippen LogP contribution is -2.41. The first-order chi connectivity index (χ1) is 8.84. The molecule has 0 aromatic rings. The zero-order chi connectivity index (χ0) is 14.5. The normalized spacial score (nSPS) is 24.8. The minimum atomic E-state index is -0.569. The van der Waals surface area contributed by atoms with E-state index in [1.807, 2.05) is 25.7 Å². The first kappa shape index (κ1) is 16.2. The van der Waals surface area contributed by atoms with Gasteiger partial charge in [-0.15, -0.1) is 0 Å². The Bertz CT molecular complexity index is 326. The first-order valence-electron chi connectivity index (χ1n) is 7.21. The number of rotatable bonds is 5. The van der Waals surface area contributed by atoms with E-state index in [-0.39, 0.29) is 5.91 Å². The highest BCUT2D eigenvalue weighted by molar-refractivity contribution is 5.78. The van der Waals surface area contributed by atoms with E-state index in [2.05, 4.69) is 11.5 Å². The quantitative estimate of drug-likeness (QED) is 0.771. The van der Waals surface area contributed by atoms with Gasteiger partial charge in [0.2, 0.25) is 5.91 Å². The molecule has 1 saturated heterocycles. The number of hydrogen-bond donors (Lipinski definition) is 1. The largest absolute Gasteiger partial charge is 0.390 e. The molecular formula is C15H28N2O2. The van der Waals surface area contributed by atoms with E-state index in [0.29, 0.717) is 13.1 Å². The zero-order valence-electron chi connectivity index (χ0n) is 12.6. The predicted molar refractivity (Wildman–Crippen MR) is 78.0 cm³/mol. The van der Waals surface area contributed by atoms with Crippen LogP contribution in [0.5, 0.6) is 0 Å². The van der Waals surface area contributed by atoms with Crippen LogP contribution in [-0.2, 0) is 4.79 Å². The maximum absolute atomic E-state index is 12.2. The number of aliphatic hydroxyl groups is 1. The number of carbonyl (C=O) groups excluding carboxylic acids is 1. The van der Waals surface area contributed by atoms with Crippen molar-refractivity contribution in [2.24, 2.45) is 0 Å². The van der Waals surface area contributed by atoms with Crippen molar-refractivity contribution in [1.29, 1.82) is 0 Å². The summed E-state index contributed by atoms with van der Waals surface area (Å²) in [6, 6.07) is 0. The first-order valence-corrected chi connectivity index (χ1v) is 7.21. The van der Waals surface area contributed by atoms with Gasteiger partial charge in [-0.05, 0) is 46.6 Å². The van der Waals surface area contributed by atoms with E-state index >= 15 is 0 Å². The molecule has 1 N–H and O–H groups in total. The monoisotopic (exact) mass is 268 g/mol. The topological polar surface area (TPSA) is 43.8 Å². The Hall–Kier alpha value is -0.870. The van der Waals surface area contributed by atoms with Gasteiger partial charge in [-0.2, -0.15) is 0 Å². The van der Waals surface area contributed by atoms with Gasteiger partial charge in [0.25, 0.3) is 0 Å². The molecule has 0 spiro atoms. The maximum Gasteiger partial charge on any atom is 0.237 e. The fourth-order valence-corrected chi connectivity index (χ4v) is 2.47. The molecule has 1 aliphatic rings. The van der Waals surface area contributed by atoms with Gasteiger partial charge in [-0.25, -0.2) is 0 Å². The molecule has 1 amide bonds. The van der Waals surface area contributed by atoms with Crippen molar-refractivity contribution >= 4 is 5.91 Å². The van der Waals surface area contributed by atoms with Gasteiger partial charge >= 0.3 is 0 Å². The molecule has 4 nitrogen and oxygen atoms in total. The molecule has 1 fully saturated rings. The van der Waals surface area contributed by atoms with E-state index in [1.165, 1.54) is 0 Å². The summed E-state index contributed by atoms with van der Waals surface area (Å²) >= 11 is 0. The number of carbonyl (C=O) groups is 1. The highest BCUT2D eigenvalue weighted by atomic mass is 16.3. The molecule has 0 aromatic heterocycles. The highest BCUT2D eigenvalue weighted by Gasteiger charge is 2.26. The van der Waals surface area contributed by atoms with Crippen LogP contribution in [0.1, 0.15) is 40.0 Å². The van der Waals surface area contributed by atoms with Crippen molar-refractivity contribution in [2.45, 2.75) is 45.6 Å². The standard InChI is InChI=1S/C15H28N2O2/c1-5-17(11-13(2)3)14(18)12-16-9-6-7-15(4,19)8-10-16/h19H,2,5-12H2,1,3-4H3. The van der Waals surface area contributed by atoms with Crippen molar-refractivity contribution < 1.29 is 9.90 Å². The average Bonchev–Trinajstić information content (AvgIpc) is 2.47. The average molecular weight is 268 g/mol. The van der Waals surface area contributed by atoms with E-state index in [9.17, 15) is 9.90 Å². The van der Waals surface area contributed by atoms with Gasteiger partial charge in [-0.1, -0.05) is 12.2 Å². The molecule has 1 heterocycles. The third-order valence-electron chi connectivity index (χ3n) is 3.71. The SMILES string of the molecule is C=C(C)CN(CC)C(=O)CN1CCCC(C)(O)CC1. The van der Waals surface area contributed by atoms with Crippen molar-refractivity contribution in [3.63, 3.8) is 0 Å². The molecular weight excluding hydrogens is 240 g/mol. The van der Waals surface area contributed by atoms with Crippen LogP contribution in [-0.4, -0.2) is 59.1 Å². The Kier molecular flexibility index (Phi) is 6.01. The number of amides is 1. The zero-order valence-corrected chi connectivity index (χ0v) is 12.6. The van der Waals surface area contributed by atoms with Crippen LogP contribution in [0.2, 0.25) is 0 Å². The van der Waals surface area contributed by atoms with Gasteiger partial charge < -0.3 is 10.0 Å². The highest BCUT2D eigenvalue weighted by Crippen LogP contribution is 2.21. The minimum Gasteiger partial charge on any atom is -0.390 e. The number of likely N-dealkylation sites (N-methyl/N-ethyl adjacent to an activating group) is 1. The summed E-state index contributed by atoms with van der Waals surface area (Å²) in [7, 11) is 0. The number of likely N-dealkylation sites (tertiary alicyclic amines) is 1. The van der Waals surface area contributed by atoms with Crippen LogP contribution in [0, 0.1) is 0 Å². The summed E-state index contributed by atoms with van der Waals surface area (Å²) in [5.74, 6) is 0.159. The molecule has 0 radical (unpaired) electrons. The lowest BCUT2D eigenvalue weighted by atomic mass is 9.98. The van der Waals surface area contributed by atoms with E-state index < -0.39 is 5.60 Å². The molecule has 0 aromatic carbocycles. The lowest BCUT2D eigenvalue weighted by Gasteiger charge is -2.26. The number of nitrogens with zero attached hydrogens (tertiary/aromatic N) is 2. The minimum absolute atomic E-state index is 0.159. The van der Waals surface area contributed by atoms with Crippen LogP contribution >= 0.6 is 0 Å². The van der Waals surface area contributed by atoms with Crippen LogP contribution in [0.4, 0.5) is 0 Å². The lowest BCUT2D eigenvalue weighted by molar-refractivity contribution is -0.131. The summed E-state index contributed by atoms with van der Waals surface area (Å²) in [5, 5.41) is 10.0. The maximum atomic E-state index is 12.2. The van der Waals surface area contributed by atoms with Crippen molar-refractivity contribution in [2.75, 3.05) is 32.7 Å². The summed E-state index contributed by atoms with van der Waals surface area (Å²) in [5.41, 5.74) is 0.439. The van der Waals surface area contributed by atoms with Crippen LogP contribution < -0.4 is 0 Å². The van der Waals surface area contributed by atoms with Crippen LogP contribution in [0.15, 0.2) is 12.2 Å². The Morgan fingerprint density at radius 1 is 1.42 bits per heavy atom. The second kappa shape index (κ2) is 7.06. The smallest absolute Gasteiger partial charge is 0.237 e. The van der Waals surface area contributed by atoms with Crippen LogP contribution in [0.25, 0.3) is 0 Å². The third kappa shape index (κ3) is 5.74. The fourth-order valence-electron chi connectivity index (χ4n) is 2.47. The van der Waals surface area contributed by atoms with Gasteiger partial charge in [-0.3, -0.25) is 9.69 Å². The summed E-state index contributed by atoms with van der Waals surface area (Å²) < 4.78 is 0. The van der Waals surface area contributed by atoms with Crippen molar-refractivity contribution in [3.05, 3.63) is 12.2 Å². The van der Waals surface area contributed by atoms with Gasteiger partial charge in [0.15, 0.2) is 0 Å². The third-order valence-corrected chi connectivity index (χ3v) is 3.71. The molecule has 0 bridgehead atoms. The molecule has 0 saturated carbocycles. The summed E-state index contributed by atoms with van der Waals surface area (Å²) in [6.45, 7) is 13.2. The number of hydrogen-bond acceptors (Lipinski definition) is 3. The molecule has 4 heteroatoms.